The lowest BCUT2D eigenvalue weighted by atomic mass is 10.4. The summed E-state index contributed by atoms with van der Waals surface area (Å²) >= 11 is 6.34. The zero-order valence-electron chi connectivity index (χ0n) is 6.23. The maximum absolute atomic E-state index is 10.8. The first-order valence-corrected chi connectivity index (χ1v) is 5.30. The Bertz CT molecular complexity index is 272. The highest BCUT2D eigenvalue weighted by Gasteiger charge is 1.99. The summed E-state index contributed by atoms with van der Waals surface area (Å²) in [5.74, 6) is -0.0132. The van der Waals surface area contributed by atoms with Gasteiger partial charge in [-0.3, -0.25) is 4.79 Å². The van der Waals surface area contributed by atoms with Crippen LogP contribution in [0.5, 0.6) is 0 Å². The van der Waals surface area contributed by atoms with E-state index in [2.05, 4.69) is 42.2 Å². The SMILES string of the molecule is O=C(CBr)NCc1ccc(Br)[nH]1. The first kappa shape index (κ1) is 9.80. The molecule has 0 spiro atoms. The molecule has 66 valence electrons. The van der Waals surface area contributed by atoms with E-state index in [1.807, 2.05) is 12.1 Å². The number of carbonyl (C=O) groups is 1. The number of carbonyl (C=O) groups excluding carboxylic acids is 1. The number of H-pyrrole nitrogens is 1. The van der Waals surface area contributed by atoms with E-state index in [-0.39, 0.29) is 5.91 Å². The summed E-state index contributed by atoms with van der Waals surface area (Å²) in [6.07, 6.45) is 0. The molecule has 0 aliphatic rings. The molecule has 1 aromatic rings. The second-order valence-electron chi connectivity index (χ2n) is 2.24. The fraction of sp³-hybridized carbons (Fsp3) is 0.286. The Balaban J connectivity index is 2.38. The quantitative estimate of drug-likeness (QED) is 0.821. The Morgan fingerprint density at radius 3 is 2.83 bits per heavy atom. The van der Waals surface area contributed by atoms with Gasteiger partial charge in [0.15, 0.2) is 0 Å². The van der Waals surface area contributed by atoms with Gasteiger partial charge in [-0.2, -0.15) is 0 Å². The molecule has 1 amide bonds. The molecular formula is C7H8Br2N2O. The van der Waals surface area contributed by atoms with Crippen LogP contribution in [0.3, 0.4) is 0 Å². The van der Waals surface area contributed by atoms with Crippen molar-refractivity contribution in [3.05, 3.63) is 22.4 Å². The van der Waals surface area contributed by atoms with Crippen molar-refractivity contribution in [2.75, 3.05) is 5.33 Å². The molecule has 0 saturated carbocycles. The van der Waals surface area contributed by atoms with E-state index >= 15 is 0 Å². The third kappa shape index (κ3) is 2.98. The molecule has 1 heterocycles. The van der Waals surface area contributed by atoms with Crippen molar-refractivity contribution < 1.29 is 4.79 Å². The highest BCUT2D eigenvalue weighted by Crippen LogP contribution is 2.07. The van der Waals surface area contributed by atoms with E-state index in [0.29, 0.717) is 11.9 Å². The third-order valence-corrected chi connectivity index (χ3v) is 2.28. The van der Waals surface area contributed by atoms with Crippen molar-refractivity contribution in [2.24, 2.45) is 0 Å². The van der Waals surface area contributed by atoms with Crippen LogP contribution >= 0.6 is 31.9 Å². The van der Waals surface area contributed by atoms with Gasteiger partial charge in [-0.25, -0.2) is 0 Å². The highest BCUT2D eigenvalue weighted by molar-refractivity contribution is 9.10. The Hall–Kier alpha value is -0.290. The maximum atomic E-state index is 10.8. The average molecular weight is 296 g/mol. The minimum absolute atomic E-state index is 0.0132. The van der Waals surface area contributed by atoms with Crippen LogP contribution in [-0.4, -0.2) is 16.2 Å². The molecule has 0 aliphatic heterocycles. The molecule has 0 atom stereocenters. The normalized spacial score (nSPS) is 9.83. The number of hydrogen-bond acceptors (Lipinski definition) is 1. The number of halogens is 2. The van der Waals surface area contributed by atoms with Crippen LogP contribution < -0.4 is 5.32 Å². The second-order valence-corrected chi connectivity index (χ2v) is 3.66. The molecule has 0 aliphatic carbocycles. The van der Waals surface area contributed by atoms with Crippen molar-refractivity contribution >= 4 is 37.8 Å². The largest absolute Gasteiger partial charge is 0.352 e. The topological polar surface area (TPSA) is 44.9 Å². The number of nitrogens with one attached hydrogen (secondary N) is 2. The van der Waals surface area contributed by atoms with E-state index in [1.165, 1.54) is 0 Å². The molecule has 2 N–H and O–H groups in total. The smallest absolute Gasteiger partial charge is 0.230 e. The second kappa shape index (κ2) is 4.67. The molecule has 3 nitrogen and oxygen atoms in total. The van der Waals surface area contributed by atoms with Gasteiger partial charge in [0, 0.05) is 5.69 Å². The Kier molecular flexibility index (Phi) is 3.81. The Morgan fingerprint density at radius 2 is 2.33 bits per heavy atom. The zero-order chi connectivity index (χ0) is 8.97. The molecule has 0 unspecified atom stereocenters. The van der Waals surface area contributed by atoms with Crippen molar-refractivity contribution in [3.63, 3.8) is 0 Å². The summed E-state index contributed by atoms with van der Waals surface area (Å²) in [6, 6.07) is 3.81. The number of rotatable bonds is 3. The van der Waals surface area contributed by atoms with E-state index in [1.54, 1.807) is 0 Å². The van der Waals surface area contributed by atoms with Crippen molar-refractivity contribution in [1.29, 1.82) is 0 Å². The molecule has 1 rings (SSSR count). The van der Waals surface area contributed by atoms with Gasteiger partial charge < -0.3 is 10.3 Å². The van der Waals surface area contributed by atoms with Crippen molar-refractivity contribution in [2.45, 2.75) is 6.54 Å². The number of hydrogen-bond donors (Lipinski definition) is 2. The minimum atomic E-state index is -0.0132. The Labute approximate surface area is 87.2 Å². The summed E-state index contributed by atoms with van der Waals surface area (Å²) in [5, 5.41) is 3.07. The van der Waals surface area contributed by atoms with Gasteiger partial charge in [0.25, 0.3) is 0 Å². The van der Waals surface area contributed by atoms with Crippen LogP contribution in [0, 0.1) is 0 Å². The highest BCUT2D eigenvalue weighted by atomic mass is 79.9. The van der Waals surface area contributed by atoms with Gasteiger partial charge in [0.2, 0.25) is 5.91 Å². The summed E-state index contributed by atoms with van der Waals surface area (Å²) in [4.78, 5) is 13.9. The minimum Gasteiger partial charge on any atom is -0.352 e. The van der Waals surface area contributed by atoms with Crippen LogP contribution in [0.15, 0.2) is 16.7 Å². The summed E-state index contributed by atoms with van der Waals surface area (Å²) < 4.78 is 0.922. The zero-order valence-corrected chi connectivity index (χ0v) is 9.41. The summed E-state index contributed by atoms with van der Waals surface area (Å²) in [7, 11) is 0. The molecule has 12 heavy (non-hydrogen) atoms. The maximum Gasteiger partial charge on any atom is 0.230 e. The molecule has 5 heteroatoms. The molecule has 0 radical (unpaired) electrons. The van der Waals surface area contributed by atoms with Gasteiger partial charge in [-0.15, -0.1) is 0 Å². The van der Waals surface area contributed by atoms with Gasteiger partial charge in [0.1, 0.15) is 0 Å². The van der Waals surface area contributed by atoms with Crippen LogP contribution in [-0.2, 0) is 11.3 Å². The molecule has 0 saturated heterocycles. The predicted molar refractivity (Wildman–Crippen MR) is 54.1 cm³/mol. The van der Waals surface area contributed by atoms with Crippen LogP contribution in [0.1, 0.15) is 5.69 Å². The van der Waals surface area contributed by atoms with Crippen LogP contribution in [0.4, 0.5) is 0 Å². The first-order valence-electron chi connectivity index (χ1n) is 3.38. The molecule has 0 bridgehead atoms. The first-order chi connectivity index (χ1) is 5.72. The lowest BCUT2D eigenvalue weighted by Crippen LogP contribution is -2.23. The molecular weight excluding hydrogens is 288 g/mol. The van der Waals surface area contributed by atoms with Crippen molar-refractivity contribution in [1.82, 2.24) is 10.3 Å². The lowest BCUT2D eigenvalue weighted by molar-refractivity contribution is -0.118. The molecule has 0 fully saturated rings. The van der Waals surface area contributed by atoms with Gasteiger partial charge >= 0.3 is 0 Å². The van der Waals surface area contributed by atoms with Crippen LogP contribution in [0.25, 0.3) is 0 Å². The molecule has 0 aromatic carbocycles. The van der Waals surface area contributed by atoms with E-state index < -0.39 is 0 Å². The summed E-state index contributed by atoms with van der Waals surface area (Å²) in [6.45, 7) is 0.538. The van der Waals surface area contributed by atoms with Gasteiger partial charge in [0.05, 0.1) is 16.5 Å². The summed E-state index contributed by atoms with van der Waals surface area (Å²) in [5.41, 5.74) is 0.983. The van der Waals surface area contributed by atoms with Crippen molar-refractivity contribution in [3.8, 4) is 0 Å². The number of aromatic amines is 1. The molecule has 1 aromatic heterocycles. The van der Waals surface area contributed by atoms with Gasteiger partial charge in [-0.05, 0) is 28.1 Å². The van der Waals surface area contributed by atoms with E-state index in [4.69, 9.17) is 0 Å². The fourth-order valence-corrected chi connectivity index (χ4v) is 1.34. The van der Waals surface area contributed by atoms with Gasteiger partial charge in [-0.1, -0.05) is 15.9 Å². The van der Waals surface area contributed by atoms with Crippen LogP contribution in [0.2, 0.25) is 0 Å². The van der Waals surface area contributed by atoms with E-state index in [9.17, 15) is 4.79 Å². The fourth-order valence-electron chi connectivity index (χ4n) is 0.755. The monoisotopic (exact) mass is 294 g/mol. The number of aromatic nitrogens is 1. The number of alkyl halides is 1. The Morgan fingerprint density at radius 1 is 1.58 bits per heavy atom. The third-order valence-electron chi connectivity index (χ3n) is 1.31. The predicted octanol–water partition coefficient (Wildman–Crippen LogP) is 1.79. The lowest BCUT2D eigenvalue weighted by Gasteiger charge is -1.99. The average Bonchev–Trinajstić information content (AvgIpc) is 2.47. The standard InChI is InChI=1S/C7H8Br2N2O/c8-3-7(12)10-4-5-1-2-6(9)11-5/h1-2,11H,3-4H2,(H,10,12). The van der Waals surface area contributed by atoms with E-state index in [0.717, 1.165) is 10.3 Å². The number of amides is 1.